The first kappa shape index (κ1) is 13.5. The lowest BCUT2D eigenvalue weighted by Gasteiger charge is -2.09. The molecular weight excluding hydrogens is 265 g/mol. The fraction of sp³-hybridized carbons (Fsp3) is 0. The van der Waals surface area contributed by atoms with Gasteiger partial charge in [0.25, 0.3) is 5.91 Å². The molecule has 20 heavy (non-hydrogen) atoms. The van der Waals surface area contributed by atoms with Crippen LogP contribution in [0.2, 0.25) is 0 Å². The van der Waals surface area contributed by atoms with Gasteiger partial charge in [-0.3, -0.25) is 4.79 Å². The second kappa shape index (κ2) is 5.40. The molecule has 3 N–H and O–H groups in total. The Morgan fingerprint density at radius 2 is 1.75 bits per heavy atom. The Morgan fingerprint density at radius 1 is 1.05 bits per heavy atom. The lowest BCUT2D eigenvalue weighted by molar-refractivity contribution is 0.0698. The summed E-state index contributed by atoms with van der Waals surface area (Å²) in [5.41, 5.74) is -0.450. The number of anilines is 1. The summed E-state index contributed by atoms with van der Waals surface area (Å²) < 4.78 is 13.1. The van der Waals surface area contributed by atoms with Gasteiger partial charge < -0.3 is 15.5 Å². The molecule has 2 aromatic carbocycles. The minimum atomic E-state index is -1.29. The van der Waals surface area contributed by atoms with Gasteiger partial charge in [-0.05, 0) is 30.3 Å². The molecule has 0 saturated carbocycles. The quantitative estimate of drug-likeness (QED) is 0.803. The van der Waals surface area contributed by atoms with Gasteiger partial charge in [-0.1, -0.05) is 12.1 Å². The highest BCUT2D eigenvalue weighted by Crippen LogP contribution is 2.21. The molecule has 1 amide bonds. The van der Waals surface area contributed by atoms with Crippen LogP contribution >= 0.6 is 0 Å². The monoisotopic (exact) mass is 275 g/mol. The first-order valence-electron chi connectivity index (χ1n) is 5.61. The number of benzene rings is 2. The Labute approximate surface area is 113 Å². The Kier molecular flexibility index (Phi) is 3.65. The Hall–Kier alpha value is -2.89. The number of aromatic hydroxyl groups is 1. The van der Waals surface area contributed by atoms with E-state index < -0.39 is 17.7 Å². The topological polar surface area (TPSA) is 86.6 Å². The predicted octanol–water partition coefficient (Wildman–Crippen LogP) is 2.48. The molecule has 0 aliphatic heterocycles. The lowest BCUT2D eigenvalue weighted by Crippen LogP contribution is -2.15. The van der Waals surface area contributed by atoms with Crippen molar-refractivity contribution in [2.24, 2.45) is 0 Å². The Morgan fingerprint density at radius 3 is 2.40 bits per heavy atom. The summed E-state index contributed by atoms with van der Waals surface area (Å²) in [4.78, 5) is 22.9. The molecule has 0 unspecified atom stereocenters. The van der Waals surface area contributed by atoms with Crippen LogP contribution in [0.3, 0.4) is 0 Å². The van der Waals surface area contributed by atoms with Gasteiger partial charge in [-0.25, -0.2) is 9.18 Å². The van der Waals surface area contributed by atoms with E-state index in [9.17, 15) is 19.1 Å². The molecule has 0 atom stereocenters. The van der Waals surface area contributed by atoms with Crippen LogP contribution in [-0.2, 0) is 0 Å². The molecule has 2 aromatic rings. The third kappa shape index (κ3) is 2.74. The largest absolute Gasteiger partial charge is 0.507 e. The van der Waals surface area contributed by atoms with Crippen molar-refractivity contribution in [2.75, 3.05) is 5.32 Å². The van der Waals surface area contributed by atoms with Crippen LogP contribution in [0.4, 0.5) is 10.1 Å². The van der Waals surface area contributed by atoms with Crippen molar-refractivity contribution in [3.63, 3.8) is 0 Å². The average Bonchev–Trinajstić information content (AvgIpc) is 2.38. The molecule has 0 aromatic heterocycles. The number of phenolic OH excluding ortho intramolecular Hbond substituents is 1. The summed E-state index contributed by atoms with van der Waals surface area (Å²) in [6.45, 7) is 0. The zero-order valence-corrected chi connectivity index (χ0v) is 10.1. The third-order valence-corrected chi connectivity index (χ3v) is 2.61. The van der Waals surface area contributed by atoms with Crippen molar-refractivity contribution >= 4 is 17.6 Å². The van der Waals surface area contributed by atoms with E-state index in [4.69, 9.17) is 5.11 Å². The number of nitrogens with one attached hydrogen (secondary N) is 1. The fourth-order valence-corrected chi connectivity index (χ4v) is 1.66. The van der Waals surface area contributed by atoms with E-state index in [0.717, 1.165) is 18.2 Å². The van der Waals surface area contributed by atoms with Crippen molar-refractivity contribution in [3.05, 3.63) is 59.4 Å². The van der Waals surface area contributed by atoms with Crippen molar-refractivity contribution in [3.8, 4) is 5.75 Å². The molecule has 0 aliphatic rings. The third-order valence-electron chi connectivity index (χ3n) is 2.61. The van der Waals surface area contributed by atoms with E-state index in [1.54, 1.807) is 0 Å². The van der Waals surface area contributed by atoms with Crippen LogP contribution in [0.5, 0.6) is 5.75 Å². The Bertz CT molecular complexity index is 685. The van der Waals surface area contributed by atoms with Gasteiger partial charge in [0.05, 0.1) is 16.8 Å². The average molecular weight is 275 g/mol. The molecule has 102 valence electrons. The number of rotatable bonds is 3. The van der Waals surface area contributed by atoms with E-state index in [1.165, 1.54) is 24.3 Å². The molecule has 0 saturated heterocycles. The number of halogens is 1. The number of carboxylic acid groups (broad SMARTS) is 1. The van der Waals surface area contributed by atoms with Crippen molar-refractivity contribution in [1.29, 1.82) is 0 Å². The number of amides is 1. The van der Waals surface area contributed by atoms with E-state index in [2.05, 4.69) is 5.32 Å². The minimum absolute atomic E-state index is 0.0342. The SMILES string of the molecule is O=C(Nc1cc(F)ccc1C(=O)O)c1ccccc1O. The van der Waals surface area contributed by atoms with Gasteiger partial charge in [-0.15, -0.1) is 0 Å². The van der Waals surface area contributed by atoms with Gasteiger partial charge in [0.2, 0.25) is 0 Å². The van der Waals surface area contributed by atoms with Gasteiger partial charge in [0, 0.05) is 0 Å². The standard InChI is InChI=1S/C14H10FNO4/c15-8-5-6-9(14(19)20)11(7-8)16-13(18)10-3-1-2-4-12(10)17/h1-7,17H,(H,16,18)(H,19,20). The number of aromatic carboxylic acids is 1. The summed E-state index contributed by atoms with van der Waals surface area (Å²) in [7, 11) is 0. The molecule has 0 radical (unpaired) electrons. The number of hydrogen-bond acceptors (Lipinski definition) is 3. The molecule has 6 heteroatoms. The van der Waals surface area contributed by atoms with Crippen LogP contribution in [0.1, 0.15) is 20.7 Å². The molecule has 0 fully saturated rings. The second-order valence-electron chi connectivity index (χ2n) is 3.97. The highest BCUT2D eigenvalue weighted by Gasteiger charge is 2.16. The number of para-hydroxylation sites is 1. The molecule has 0 bridgehead atoms. The maximum absolute atomic E-state index is 13.1. The highest BCUT2D eigenvalue weighted by atomic mass is 19.1. The first-order chi connectivity index (χ1) is 9.49. The normalized spacial score (nSPS) is 10.1. The summed E-state index contributed by atoms with van der Waals surface area (Å²) in [5.74, 6) is -2.95. The van der Waals surface area contributed by atoms with Crippen LogP contribution < -0.4 is 5.32 Å². The zero-order chi connectivity index (χ0) is 14.7. The maximum atomic E-state index is 13.1. The van der Waals surface area contributed by atoms with Crippen molar-refractivity contribution in [1.82, 2.24) is 0 Å². The zero-order valence-electron chi connectivity index (χ0n) is 10.1. The Balaban J connectivity index is 2.35. The number of carboxylic acids is 1. The van der Waals surface area contributed by atoms with Gasteiger partial charge in [0.1, 0.15) is 11.6 Å². The summed E-state index contributed by atoms with van der Waals surface area (Å²) >= 11 is 0. The molecular formula is C14H10FNO4. The number of hydrogen-bond donors (Lipinski definition) is 3. The number of carbonyl (C=O) groups is 2. The first-order valence-corrected chi connectivity index (χ1v) is 5.61. The van der Waals surface area contributed by atoms with E-state index in [1.807, 2.05) is 0 Å². The molecule has 0 heterocycles. The lowest BCUT2D eigenvalue weighted by atomic mass is 10.1. The fourth-order valence-electron chi connectivity index (χ4n) is 1.66. The minimum Gasteiger partial charge on any atom is -0.507 e. The summed E-state index contributed by atoms with van der Waals surface area (Å²) in [5, 5.41) is 20.8. The van der Waals surface area contributed by atoms with Crippen LogP contribution in [0, 0.1) is 5.82 Å². The molecule has 5 nitrogen and oxygen atoms in total. The number of carbonyl (C=O) groups excluding carboxylic acids is 1. The van der Waals surface area contributed by atoms with Crippen LogP contribution in [-0.4, -0.2) is 22.1 Å². The van der Waals surface area contributed by atoms with Gasteiger partial charge in [0.15, 0.2) is 0 Å². The number of phenols is 1. The molecule has 0 spiro atoms. The van der Waals surface area contributed by atoms with Crippen LogP contribution in [0.25, 0.3) is 0 Å². The highest BCUT2D eigenvalue weighted by molar-refractivity contribution is 6.09. The predicted molar refractivity (Wildman–Crippen MR) is 69.4 cm³/mol. The second-order valence-corrected chi connectivity index (χ2v) is 3.97. The summed E-state index contributed by atoms with van der Waals surface area (Å²) in [6, 6.07) is 8.71. The van der Waals surface area contributed by atoms with E-state index >= 15 is 0 Å². The van der Waals surface area contributed by atoms with Crippen molar-refractivity contribution < 1.29 is 24.2 Å². The van der Waals surface area contributed by atoms with Gasteiger partial charge in [-0.2, -0.15) is 0 Å². The smallest absolute Gasteiger partial charge is 0.337 e. The van der Waals surface area contributed by atoms with Gasteiger partial charge >= 0.3 is 5.97 Å². The molecule has 2 rings (SSSR count). The van der Waals surface area contributed by atoms with Crippen molar-refractivity contribution in [2.45, 2.75) is 0 Å². The van der Waals surface area contributed by atoms with E-state index in [-0.39, 0.29) is 22.6 Å². The summed E-state index contributed by atoms with van der Waals surface area (Å²) in [6.07, 6.45) is 0. The van der Waals surface area contributed by atoms with E-state index in [0.29, 0.717) is 0 Å². The van der Waals surface area contributed by atoms with Crippen LogP contribution in [0.15, 0.2) is 42.5 Å². The maximum Gasteiger partial charge on any atom is 0.337 e. The molecule has 0 aliphatic carbocycles.